The molecule has 0 saturated carbocycles. The molecule has 120 valence electrons. The lowest BCUT2D eigenvalue weighted by atomic mass is 10.2. The van der Waals surface area contributed by atoms with E-state index < -0.39 is 5.97 Å². The molecule has 2 rings (SSSR count). The zero-order valence-electron chi connectivity index (χ0n) is 12.7. The molecule has 0 spiro atoms. The highest BCUT2D eigenvalue weighted by atomic mass is 127. The molecule has 4 nitrogen and oxygen atoms in total. The van der Waals surface area contributed by atoms with E-state index in [0.717, 1.165) is 20.5 Å². The third kappa shape index (κ3) is 5.59. The minimum Gasteiger partial charge on any atom is -0.489 e. The van der Waals surface area contributed by atoms with Crippen molar-refractivity contribution in [3.63, 3.8) is 0 Å². The Morgan fingerprint density at radius 2 is 1.91 bits per heavy atom. The third-order valence-electron chi connectivity index (χ3n) is 3.06. The molecule has 0 aliphatic carbocycles. The Balaban J connectivity index is 1.93. The molecule has 0 aliphatic rings. The van der Waals surface area contributed by atoms with Crippen molar-refractivity contribution in [3.05, 3.63) is 65.7 Å². The van der Waals surface area contributed by atoms with Crippen LogP contribution in [0.25, 0.3) is 3.58 Å². The van der Waals surface area contributed by atoms with Gasteiger partial charge in [0.1, 0.15) is 18.1 Å². The molecule has 0 radical (unpaired) electrons. The van der Waals surface area contributed by atoms with Crippen molar-refractivity contribution < 1.29 is 19.4 Å². The lowest BCUT2D eigenvalue weighted by Gasteiger charge is -2.10. The van der Waals surface area contributed by atoms with E-state index in [1.807, 2.05) is 37.3 Å². The first-order chi connectivity index (χ1) is 11.1. The minimum absolute atomic E-state index is 0.348. The lowest BCUT2D eigenvalue weighted by molar-refractivity contribution is -0.139. The van der Waals surface area contributed by atoms with Crippen molar-refractivity contribution in [3.8, 4) is 11.5 Å². The fourth-order valence-electron chi connectivity index (χ4n) is 1.94. The first-order valence-corrected chi connectivity index (χ1v) is 8.13. The van der Waals surface area contributed by atoms with Gasteiger partial charge in [0.25, 0.3) is 0 Å². The summed E-state index contributed by atoms with van der Waals surface area (Å²) >= 11 is 2.28. The van der Waals surface area contributed by atoms with Crippen LogP contribution in [0.3, 0.4) is 0 Å². The number of rotatable bonds is 7. The lowest BCUT2D eigenvalue weighted by Crippen LogP contribution is -2.10. The molecule has 0 unspecified atom stereocenters. The molecule has 0 saturated heterocycles. The largest absolute Gasteiger partial charge is 0.489 e. The van der Waals surface area contributed by atoms with E-state index in [0.29, 0.717) is 12.4 Å². The van der Waals surface area contributed by atoms with Crippen LogP contribution in [0.5, 0.6) is 11.5 Å². The number of benzene rings is 2. The Labute approximate surface area is 148 Å². The zero-order chi connectivity index (χ0) is 16.7. The maximum Gasteiger partial charge on any atom is 0.341 e. The molecule has 0 fully saturated rings. The van der Waals surface area contributed by atoms with Gasteiger partial charge in [0, 0.05) is 3.58 Å². The van der Waals surface area contributed by atoms with E-state index in [-0.39, 0.29) is 6.61 Å². The Hall–Kier alpha value is -2.02. The number of hydrogen-bond acceptors (Lipinski definition) is 3. The average molecular weight is 424 g/mol. The van der Waals surface area contributed by atoms with Crippen LogP contribution in [0.4, 0.5) is 0 Å². The second-order valence-electron chi connectivity index (χ2n) is 4.84. The SMILES string of the molecule is Cc1cc(OC/C=C(/I)c2ccccc2)ccc1OCC(=O)O. The van der Waals surface area contributed by atoms with Gasteiger partial charge in [0.05, 0.1) is 0 Å². The Morgan fingerprint density at radius 3 is 2.57 bits per heavy atom. The number of aryl methyl sites for hydroxylation is 1. The quantitative estimate of drug-likeness (QED) is 0.674. The topological polar surface area (TPSA) is 55.8 Å². The van der Waals surface area contributed by atoms with Crippen molar-refractivity contribution in [1.82, 2.24) is 0 Å². The molecule has 23 heavy (non-hydrogen) atoms. The van der Waals surface area contributed by atoms with Crippen LogP contribution < -0.4 is 9.47 Å². The number of aliphatic carboxylic acids is 1. The molecular weight excluding hydrogens is 407 g/mol. The van der Waals surface area contributed by atoms with Crippen molar-refractivity contribution in [2.75, 3.05) is 13.2 Å². The molecule has 0 heterocycles. The first kappa shape index (κ1) is 17.3. The van der Waals surface area contributed by atoms with E-state index >= 15 is 0 Å². The summed E-state index contributed by atoms with van der Waals surface area (Å²) < 4.78 is 12.0. The van der Waals surface area contributed by atoms with Gasteiger partial charge in [-0.2, -0.15) is 0 Å². The van der Waals surface area contributed by atoms with E-state index in [1.165, 1.54) is 0 Å². The van der Waals surface area contributed by atoms with Crippen LogP contribution in [0.2, 0.25) is 0 Å². The van der Waals surface area contributed by atoms with Gasteiger partial charge in [-0.15, -0.1) is 0 Å². The van der Waals surface area contributed by atoms with Crippen LogP contribution in [0.1, 0.15) is 11.1 Å². The molecule has 2 aromatic rings. The van der Waals surface area contributed by atoms with Gasteiger partial charge in [-0.1, -0.05) is 30.3 Å². The summed E-state index contributed by atoms with van der Waals surface area (Å²) in [4.78, 5) is 10.5. The van der Waals surface area contributed by atoms with E-state index in [1.54, 1.807) is 12.1 Å². The first-order valence-electron chi connectivity index (χ1n) is 7.05. The summed E-state index contributed by atoms with van der Waals surface area (Å²) in [5.41, 5.74) is 2.00. The van der Waals surface area contributed by atoms with Gasteiger partial charge in [0.15, 0.2) is 6.61 Å². The fraction of sp³-hybridized carbons (Fsp3) is 0.167. The molecule has 0 amide bonds. The van der Waals surface area contributed by atoms with Gasteiger partial charge in [0.2, 0.25) is 0 Å². The Kier molecular flexibility index (Phi) is 6.46. The van der Waals surface area contributed by atoms with Gasteiger partial charge in [-0.3, -0.25) is 0 Å². The van der Waals surface area contributed by atoms with Gasteiger partial charge in [-0.25, -0.2) is 4.79 Å². The molecule has 2 aromatic carbocycles. The van der Waals surface area contributed by atoms with Crippen molar-refractivity contribution in [1.29, 1.82) is 0 Å². The molecule has 0 aromatic heterocycles. The monoisotopic (exact) mass is 424 g/mol. The van der Waals surface area contributed by atoms with Crippen molar-refractivity contribution in [2.45, 2.75) is 6.92 Å². The summed E-state index contributed by atoms with van der Waals surface area (Å²) in [6, 6.07) is 15.4. The predicted molar refractivity (Wildman–Crippen MR) is 98.2 cm³/mol. The number of carbonyl (C=O) groups is 1. The smallest absolute Gasteiger partial charge is 0.341 e. The van der Waals surface area contributed by atoms with Crippen molar-refractivity contribution in [2.24, 2.45) is 0 Å². The summed E-state index contributed by atoms with van der Waals surface area (Å²) in [6.07, 6.45) is 2.01. The van der Waals surface area contributed by atoms with Crippen molar-refractivity contribution >= 4 is 32.1 Å². The van der Waals surface area contributed by atoms with Gasteiger partial charge < -0.3 is 14.6 Å². The summed E-state index contributed by atoms with van der Waals surface area (Å²) in [6.45, 7) is 1.97. The molecule has 5 heteroatoms. The van der Waals surface area contributed by atoms with Gasteiger partial charge in [-0.05, 0) is 64.9 Å². The number of carboxylic acids is 1. The molecule has 0 atom stereocenters. The maximum atomic E-state index is 10.5. The molecule has 0 bridgehead atoms. The van der Waals surface area contributed by atoms with E-state index in [2.05, 4.69) is 34.7 Å². The molecular formula is C18H17IO4. The second kappa shape index (κ2) is 8.57. The molecule has 1 N–H and O–H groups in total. The van der Waals surface area contributed by atoms with Crippen LogP contribution in [-0.4, -0.2) is 24.3 Å². The summed E-state index contributed by atoms with van der Waals surface area (Å²) in [7, 11) is 0. The van der Waals surface area contributed by atoms with Crippen LogP contribution in [0.15, 0.2) is 54.6 Å². The number of halogens is 1. The average Bonchev–Trinajstić information content (AvgIpc) is 2.54. The fourth-order valence-corrected chi connectivity index (χ4v) is 2.48. The standard InChI is InChI=1S/C18H17IO4/c1-13-11-15(7-8-17(13)23-12-18(20)21)22-10-9-16(19)14-5-3-2-4-6-14/h2-9,11H,10,12H2,1H3,(H,20,21)/b16-9+. The van der Waals surface area contributed by atoms with Crippen LogP contribution >= 0.6 is 22.6 Å². The highest BCUT2D eigenvalue weighted by Gasteiger charge is 2.04. The maximum absolute atomic E-state index is 10.5. The summed E-state index contributed by atoms with van der Waals surface area (Å²) in [5.74, 6) is 0.276. The molecule has 0 aliphatic heterocycles. The third-order valence-corrected chi connectivity index (χ3v) is 4.12. The number of carboxylic acid groups (broad SMARTS) is 1. The summed E-state index contributed by atoms with van der Waals surface area (Å²) in [5, 5.41) is 8.63. The number of ether oxygens (including phenoxy) is 2. The Morgan fingerprint density at radius 1 is 1.17 bits per heavy atom. The van der Waals surface area contributed by atoms with Gasteiger partial charge >= 0.3 is 5.97 Å². The highest BCUT2D eigenvalue weighted by Crippen LogP contribution is 2.24. The number of hydrogen-bond donors (Lipinski definition) is 1. The second-order valence-corrected chi connectivity index (χ2v) is 6.00. The Bertz CT molecular complexity index is 695. The predicted octanol–water partition coefficient (Wildman–Crippen LogP) is 4.31. The normalized spacial score (nSPS) is 11.1. The highest BCUT2D eigenvalue weighted by molar-refractivity contribution is 14.1. The van der Waals surface area contributed by atoms with E-state index in [4.69, 9.17) is 14.6 Å². The zero-order valence-corrected chi connectivity index (χ0v) is 14.8. The van der Waals surface area contributed by atoms with E-state index in [9.17, 15) is 4.79 Å². The minimum atomic E-state index is -0.995. The van der Waals surface area contributed by atoms with Crippen LogP contribution in [0, 0.1) is 6.92 Å². The van der Waals surface area contributed by atoms with Crippen LogP contribution in [-0.2, 0) is 4.79 Å².